The molecule has 0 aromatic carbocycles. The summed E-state index contributed by atoms with van der Waals surface area (Å²) in [5, 5.41) is 3.00. The monoisotopic (exact) mass is 292 g/mol. The summed E-state index contributed by atoms with van der Waals surface area (Å²) in [6, 6.07) is 3.12. The third kappa shape index (κ3) is 4.43. The van der Waals surface area contributed by atoms with Gasteiger partial charge in [-0.3, -0.25) is 9.59 Å². The Balaban J connectivity index is 2.15. The van der Waals surface area contributed by atoms with Gasteiger partial charge in [0.25, 0.3) is 5.91 Å². The van der Waals surface area contributed by atoms with Crippen molar-refractivity contribution < 1.29 is 9.53 Å². The van der Waals surface area contributed by atoms with Crippen molar-refractivity contribution in [3.05, 3.63) is 33.7 Å². The molecule has 2 N–H and O–H groups in total. The molecule has 0 aliphatic carbocycles. The van der Waals surface area contributed by atoms with Crippen LogP contribution in [0.4, 0.5) is 0 Å². The summed E-state index contributed by atoms with van der Waals surface area (Å²) in [6.45, 7) is 7.39. The van der Waals surface area contributed by atoms with Gasteiger partial charge in [-0.05, 0) is 38.2 Å². The predicted octanol–water partition coefficient (Wildman–Crippen LogP) is 1.87. The van der Waals surface area contributed by atoms with E-state index in [1.165, 1.54) is 6.07 Å². The highest BCUT2D eigenvalue weighted by Crippen LogP contribution is 2.19. The van der Waals surface area contributed by atoms with E-state index in [9.17, 15) is 9.59 Å². The Labute approximate surface area is 125 Å². The maximum absolute atomic E-state index is 12.4. The molecular formula is C16H24N2O3. The molecule has 1 aliphatic heterocycles. The Hall–Kier alpha value is -1.62. The van der Waals surface area contributed by atoms with Crippen LogP contribution in [0, 0.1) is 5.92 Å². The van der Waals surface area contributed by atoms with Crippen LogP contribution in [-0.2, 0) is 11.2 Å². The highest BCUT2D eigenvalue weighted by Gasteiger charge is 2.29. The number of pyridine rings is 1. The molecule has 2 rings (SSSR count). The van der Waals surface area contributed by atoms with E-state index in [0.717, 1.165) is 31.6 Å². The van der Waals surface area contributed by atoms with Crippen molar-refractivity contribution >= 4 is 5.91 Å². The zero-order valence-electron chi connectivity index (χ0n) is 13.0. The number of carbonyl (C=O) groups excluding carboxylic acids is 1. The minimum absolute atomic E-state index is 0.209. The minimum Gasteiger partial charge on any atom is -0.379 e. The number of ether oxygens (including phenoxy) is 1. The topological polar surface area (TPSA) is 71.2 Å². The molecule has 1 aromatic rings. The second-order valence-electron chi connectivity index (χ2n) is 6.53. The van der Waals surface area contributed by atoms with Gasteiger partial charge in [0, 0.05) is 23.9 Å². The largest absolute Gasteiger partial charge is 0.379 e. The van der Waals surface area contributed by atoms with Gasteiger partial charge in [0.2, 0.25) is 5.56 Å². The number of amides is 1. The predicted molar refractivity (Wildman–Crippen MR) is 81.5 cm³/mol. The molecule has 5 heteroatoms. The summed E-state index contributed by atoms with van der Waals surface area (Å²) in [5.74, 6) is 0.210. The maximum Gasteiger partial charge on any atom is 0.252 e. The summed E-state index contributed by atoms with van der Waals surface area (Å²) in [7, 11) is 0. The smallest absolute Gasteiger partial charge is 0.252 e. The average molecular weight is 292 g/mol. The second-order valence-corrected chi connectivity index (χ2v) is 6.53. The molecular weight excluding hydrogens is 268 g/mol. The van der Waals surface area contributed by atoms with Gasteiger partial charge in [-0.1, -0.05) is 13.8 Å². The molecule has 1 unspecified atom stereocenters. The second kappa shape index (κ2) is 6.43. The Morgan fingerprint density at radius 2 is 2.24 bits per heavy atom. The Morgan fingerprint density at radius 3 is 2.86 bits per heavy atom. The molecule has 1 fully saturated rings. The number of carbonyl (C=O) groups is 1. The van der Waals surface area contributed by atoms with Crippen LogP contribution in [0.1, 0.15) is 49.7 Å². The van der Waals surface area contributed by atoms with E-state index < -0.39 is 0 Å². The first-order valence-corrected chi connectivity index (χ1v) is 7.51. The van der Waals surface area contributed by atoms with Gasteiger partial charge >= 0.3 is 0 Å². The van der Waals surface area contributed by atoms with Gasteiger partial charge in [0.05, 0.1) is 12.1 Å². The van der Waals surface area contributed by atoms with Crippen LogP contribution in [0.5, 0.6) is 0 Å². The molecule has 0 bridgehead atoms. The van der Waals surface area contributed by atoms with Gasteiger partial charge < -0.3 is 15.0 Å². The molecule has 1 atom stereocenters. The summed E-state index contributed by atoms with van der Waals surface area (Å²) >= 11 is 0. The lowest BCUT2D eigenvalue weighted by Gasteiger charge is -2.34. The minimum atomic E-state index is -0.351. The van der Waals surface area contributed by atoms with Gasteiger partial charge in [-0.15, -0.1) is 0 Å². The van der Waals surface area contributed by atoms with E-state index in [-0.39, 0.29) is 17.0 Å². The number of hydrogen-bond donors (Lipinski definition) is 2. The molecule has 1 aromatic heterocycles. The van der Waals surface area contributed by atoms with E-state index >= 15 is 0 Å². The number of H-pyrrole nitrogens is 1. The summed E-state index contributed by atoms with van der Waals surface area (Å²) in [6.07, 6.45) is 2.57. The first-order chi connectivity index (χ1) is 9.88. The van der Waals surface area contributed by atoms with E-state index in [0.29, 0.717) is 18.1 Å². The van der Waals surface area contributed by atoms with Crippen LogP contribution < -0.4 is 10.9 Å². The fraction of sp³-hybridized carbons (Fsp3) is 0.625. The third-order valence-electron chi connectivity index (χ3n) is 3.64. The standard InChI is InChI=1S/C16H24N2O3/c1-11(2)7-13-8-12(9-14(19)17-13)15(20)18-16(3)5-4-6-21-10-16/h8-9,11H,4-7,10H2,1-3H3,(H,17,19)(H,18,20). The highest BCUT2D eigenvalue weighted by atomic mass is 16.5. The fourth-order valence-corrected chi connectivity index (χ4v) is 2.66. The summed E-state index contributed by atoms with van der Waals surface area (Å²) in [4.78, 5) is 26.9. The molecule has 0 saturated carbocycles. The third-order valence-corrected chi connectivity index (χ3v) is 3.64. The van der Waals surface area contributed by atoms with E-state index in [1.54, 1.807) is 6.07 Å². The number of nitrogens with one attached hydrogen (secondary N) is 2. The molecule has 2 heterocycles. The Bertz CT molecular complexity index is 557. The molecule has 21 heavy (non-hydrogen) atoms. The van der Waals surface area contributed by atoms with Crippen molar-refractivity contribution in [2.24, 2.45) is 5.92 Å². The van der Waals surface area contributed by atoms with Crippen LogP contribution in [-0.4, -0.2) is 29.6 Å². The zero-order valence-corrected chi connectivity index (χ0v) is 13.0. The van der Waals surface area contributed by atoms with E-state index in [1.807, 2.05) is 6.92 Å². The van der Waals surface area contributed by atoms with Gasteiger partial charge in [0.15, 0.2) is 0 Å². The highest BCUT2D eigenvalue weighted by molar-refractivity contribution is 5.94. The average Bonchev–Trinajstić information content (AvgIpc) is 2.37. The number of hydrogen-bond acceptors (Lipinski definition) is 3. The molecule has 1 saturated heterocycles. The molecule has 116 valence electrons. The zero-order chi connectivity index (χ0) is 15.5. The van der Waals surface area contributed by atoms with Crippen LogP contribution >= 0.6 is 0 Å². The summed E-state index contributed by atoms with van der Waals surface area (Å²) < 4.78 is 5.44. The number of rotatable bonds is 4. The van der Waals surface area contributed by atoms with Gasteiger partial charge in [0.1, 0.15) is 0 Å². The van der Waals surface area contributed by atoms with Crippen molar-refractivity contribution in [3.8, 4) is 0 Å². The fourth-order valence-electron chi connectivity index (χ4n) is 2.66. The lowest BCUT2D eigenvalue weighted by molar-refractivity contribution is 0.0272. The van der Waals surface area contributed by atoms with Crippen molar-refractivity contribution in [2.45, 2.75) is 45.6 Å². The Kier molecular flexibility index (Phi) is 4.83. The molecule has 5 nitrogen and oxygen atoms in total. The SMILES string of the molecule is CC(C)Cc1cc(C(=O)NC2(C)CCCOC2)cc(=O)[nH]1. The molecule has 0 spiro atoms. The first-order valence-electron chi connectivity index (χ1n) is 7.51. The quantitative estimate of drug-likeness (QED) is 0.890. The van der Waals surface area contributed by atoms with Crippen molar-refractivity contribution in [1.82, 2.24) is 10.3 Å². The van der Waals surface area contributed by atoms with E-state index in [4.69, 9.17) is 4.74 Å². The van der Waals surface area contributed by atoms with Gasteiger partial charge in [-0.25, -0.2) is 0 Å². The normalized spacial score (nSPS) is 22.3. The van der Waals surface area contributed by atoms with Gasteiger partial charge in [-0.2, -0.15) is 0 Å². The lowest BCUT2D eigenvalue weighted by atomic mass is 9.94. The van der Waals surface area contributed by atoms with Crippen molar-refractivity contribution in [1.29, 1.82) is 0 Å². The number of aromatic nitrogens is 1. The van der Waals surface area contributed by atoms with Crippen molar-refractivity contribution in [3.63, 3.8) is 0 Å². The van der Waals surface area contributed by atoms with Crippen LogP contribution in [0.15, 0.2) is 16.9 Å². The van der Waals surface area contributed by atoms with Crippen LogP contribution in [0.25, 0.3) is 0 Å². The molecule has 0 radical (unpaired) electrons. The number of aromatic amines is 1. The lowest BCUT2D eigenvalue weighted by Crippen LogP contribution is -2.51. The molecule has 1 aliphatic rings. The van der Waals surface area contributed by atoms with E-state index in [2.05, 4.69) is 24.1 Å². The van der Waals surface area contributed by atoms with Crippen LogP contribution in [0.2, 0.25) is 0 Å². The Morgan fingerprint density at radius 1 is 1.48 bits per heavy atom. The maximum atomic E-state index is 12.4. The summed E-state index contributed by atoms with van der Waals surface area (Å²) in [5.41, 5.74) is 0.633. The first kappa shape index (κ1) is 15.8. The molecule has 1 amide bonds. The van der Waals surface area contributed by atoms with Crippen LogP contribution in [0.3, 0.4) is 0 Å². The van der Waals surface area contributed by atoms with Crippen molar-refractivity contribution in [2.75, 3.05) is 13.2 Å².